The van der Waals surface area contributed by atoms with Crippen LogP contribution in [0.4, 0.5) is 39.5 Å². The molecule has 0 bridgehead atoms. The van der Waals surface area contributed by atoms with Crippen molar-refractivity contribution in [1.29, 1.82) is 0 Å². The summed E-state index contributed by atoms with van der Waals surface area (Å²) in [4.78, 5) is 10.3. The zero-order valence-corrected chi connectivity index (χ0v) is 15.6. The molecule has 0 fully saturated rings. The van der Waals surface area contributed by atoms with Crippen LogP contribution in [-0.2, 0) is 29.9 Å². The smallest absolute Gasteiger partial charge is 0.355 e. The molecule has 0 atom stereocenters. The summed E-state index contributed by atoms with van der Waals surface area (Å²) in [6, 6.07) is 2.61. The highest BCUT2D eigenvalue weighted by molar-refractivity contribution is 5.68. The van der Waals surface area contributed by atoms with Crippen molar-refractivity contribution in [3.8, 4) is 11.1 Å². The van der Waals surface area contributed by atoms with Crippen LogP contribution in [0.15, 0.2) is 36.4 Å². The number of nitrogens with one attached hydrogen (secondary N) is 1. The van der Waals surface area contributed by atoms with Gasteiger partial charge in [-0.15, -0.1) is 0 Å². The van der Waals surface area contributed by atoms with Crippen LogP contribution >= 0.6 is 0 Å². The average Bonchev–Trinajstić information content (AvgIpc) is 2.65. The van der Waals surface area contributed by atoms with Gasteiger partial charge in [0.2, 0.25) is 6.41 Å². The molecule has 1 N–H and O–H groups in total. The molecule has 0 radical (unpaired) electrons. The first-order valence-corrected chi connectivity index (χ1v) is 8.40. The molecule has 0 saturated heterocycles. The van der Waals surface area contributed by atoms with Gasteiger partial charge in [0.15, 0.2) is 0 Å². The second kappa shape index (κ2) is 9.40. The number of hydrogen-bond acceptors (Lipinski definition) is 1. The number of rotatable bonds is 4. The molecule has 2 aromatic carbocycles. The molecule has 1 amide bonds. The molecule has 2 aromatic rings. The van der Waals surface area contributed by atoms with Crippen molar-refractivity contribution in [3.05, 3.63) is 58.7 Å². The van der Waals surface area contributed by atoms with Gasteiger partial charge in [0.25, 0.3) is 0 Å². The molecule has 0 aliphatic rings. The Morgan fingerprint density at radius 2 is 1.03 bits per heavy atom. The number of carbonyl (C=O) groups is 1. The zero-order chi connectivity index (χ0) is 23.3. The summed E-state index contributed by atoms with van der Waals surface area (Å²) in [5.41, 5.74) is -5.93. The van der Waals surface area contributed by atoms with Gasteiger partial charge < -0.3 is 5.32 Å². The van der Waals surface area contributed by atoms with Crippen molar-refractivity contribution < 1.29 is 44.3 Å². The number of hydrogen-bond donors (Lipinski definition) is 1. The van der Waals surface area contributed by atoms with Gasteiger partial charge >= 0.3 is 18.5 Å². The van der Waals surface area contributed by atoms with Gasteiger partial charge in [-0.1, -0.05) is 13.8 Å². The lowest BCUT2D eigenvalue weighted by molar-refractivity contribution is -0.143. The van der Waals surface area contributed by atoms with Gasteiger partial charge in [0, 0.05) is 6.54 Å². The van der Waals surface area contributed by atoms with Gasteiger partial charge in [-0.25, -0.2) is 0 Å². The third-order valence-corrected chi connectivity index (χ3v) is 3.63. The lowest BCUT2D eigenvalue weighted by atomic mass is 9.95. The van der Waals surface area contributed by atoms with Crippen LogP contribution in [0.2, 0.25) is 0 Å². The lowest BCUT2D eigenvalue weighted by Gasteiger charge is -2.16. The van der Waals surface area contributed by atoms with Gasteiger partial charge in [-0.2, -0.15) is 39.5 Å². The fraction of sp³-hybridized carbons (Fsp3) is 0.316. The van der Waals surface area contributed by atoms with E-state index in [9.17, 15) is 44.3 Å². The first-order chi connectivity index (χ1) is 13.7. The van der Waals surface area contributed by atoms with Crippen molar-refractivity contribution >= 4 is 6.41 Å². The Hall–Kier alpha value is -2.72. The van der Waals surface area contributed by atoms with E-state index in [-0.39, 0.29) is 18.0 Å². The molecule has 166 valence electrons. The predicted octanol–water partition coefficient (Wildman–Crippen LogP) is 6.68. The van der Waals surface area contributed by atoms with Gasteiger partial charge in [0.1, 0.15) is 0 Å². The van der Waals surface area contributed by atoms with Gasteiger partial charge in [-0.05, 0) is 53.1 Å². The van der Waals surface area contributed by atoms with E-state index in [2.05, 4.69) is 5.32 Å². The minimum absolute atomic E-state index is 0.119. The van der Waals surface area contributed by atoms with E-state index in [0.29, 0.717) is 24.3 Å². The van der Waals surface area contributed by atoms with Crippen LogP contribution in [-0.4, -0.2) is 6.41 Å². The Bertz CT molecular complexity index is 836. The molecule has 0 aliphatic carbocycles. The molecule has 0 heterocycles. The molecule has 0 spiro atoms. The number of carbonyl (C=O) groups excluding carboxylic acids is 1. The third-order valence-electron chi connectivity index (χ3n) is 3.63. The summed E-state index contributed by atoms with van der Waals surface area (Å²) in [5.74, 6) is 0. The minimum Gasteiger partial charge on any atom is -0.355 e. The molecule has 0 aromatic heterocycles. The maximum Gasteiger partial charge on any atom is 0.416 e. The molecule has 30 heavy (non-hydrogen) atoms. The largest absolute Gasteiger partial charge is 0.416 e. The van der Waals surface area contributed by atoms with Crippen molar-refractivity contribution in [1.82, 2.24) is 5.32 Å². The topological polar surface area (TPSA) is 29.1 Å². The molecule has 2 rings (SSSR count). The summed E-state index contributed by atoms with van der Waals surface area (Å²) in [7, 11) is 0. The maximum absolute atomic E-state index is 13.1. The second-order valence-corrected chi connectivity index (χ2v) is 5.71. The first-order valence-electron chi connectivity index (χ1n) is 8.40. The minimum atomic E-state index is -5.14. The molecular formula is C19H16F9NO. The van der Waals surface area contributed by atoms with E-state index < -0.39 is 52.9 Å². The summed E-state index contributed by atoms with van der Waals surface area (Å²) in [6.45, 7) is 3.60. The highest BCUT2D eigenvalue weighted by Gasteiger charge is 2.37. The fourth-order valence-electron chi connectivity index (χ4n) is 2.41. The summed E-state index contributed by atoms with van der Waals surface area (Å²) in [6.07, 6.45) is -15.0. The first kappa shape index (κ1) is 25.3. The van der Waals surface area contributed by atoms with E-state index in [1.807, 2.05) is 13.8 Å². The number of alkyl halides is 9. The van der Waals surface area contributed by atoms with Crippen molar-refractivity contribution in [2.24, 2.45) is 0 Å². The highest BCUT2D eigenvalue weighted by Crippen LogP contribution is 2.40. The Morgan fingerprint density at radius 1 is 0.667 bits per heavy atom. The van der Waals surface area contributed by atoms with E-state index in [1.54, 1.807) is 0 Å². The monoisotopic (exact) mass is 445 g/mol. The zero-order valence-electron chi connectivity index (χ0n) is 15.6. The van der Waals surface area contributed by atoms with E-state index in [0.717, 1.165) is 6.07 Å². The Balaban J connectivity index is 0.00000218. The Labute approximate surface area is 165 Å². The molecule has 0 unspecified atom stereocenters. The summed E-state index contributed by atoms with van der Waals surface area (Å²) < 4.78 is 117. The van der Waals surface area contributed by atoms with E-state index >= 15 is 0 Å². The van der Waals surface area contributed by atoms with Crippen LogP contribution in [0.25, 0.3) is 11.1 Å². The van der Waals surface area contributed by atoms with Crippen LogP contribution < -0.4 is 5.32 Å². The molecule has 0 saturated carbocycles. The Kier molecular flexibility index (Phi) is 7.93. The number of halogens is 9. The quantitative estimate of drug-likeness (QED) is 0.413. The van der Waals surface area contributed by atoms with Crippen molar-refractivity contribution in [2.75, 3.05) is 0 Å². The van der Waals surface area contributed by atoms with Crippen LogP contribution in [0.3, 0.4) is 0 Å². The summed E-state index contributed by atoms with van der Waals surface area (Å²) >= 11 is 0. The van der Waals surface area contributed by atoms with Gasteiger partial charge in [0.05, 0.1) is 16.7 Å². The van der Waals surface area contributed by atoms with Crippen molar-refractivity contribution in [2.45, 2.75) is 38.9 Å². The number of benzene rings is 2. The summed E-state index contributed by atoms with van der Waals surface area (Å²) in [5, 5.41) is 2.09. The van der Waals surface area contributed by atoms with Gasteiger partial charge in [-0.3, -0.25) is 4.79 Å². The predicted molar refractivity (Wildman–Crippen MR) is 91.1 cm³/mol. The third kappa shape index (κ3) is 6.67. The second-order valence-electron chi connectivity index (χ2n) is 5.71. The SMILES string of the molecule is CC.O=CNCc1cc(-c2cc(C(F)(F)F)cc(C(F)(F)F)c2)cc(C(F)(F)F)c1. The molecule has 11 heteroatoms. The Morgan fingerprint density at radius 3 is 1.40 bits per heavy atom. The standard InChI is InChI=1S/C17H10F9NO.C2H6/c18-15(19,20)12-2-9(7-27-8-28)1-10(3-12)11-4-13(16(21,22)23)6-14(5-11)17(24,25)26;1-2/h1-6,8H,7H2,(H,27,28);1-2H3. The molecular weight excluding hydrogens is 429 g/mol. The number of amides is 1. The lowest BCUT2D eigenvalue weighted by Crippen LogP contribution is -2.13. The molecule has 0 aliphatic heterocycles. The molecule has 2 nitrogen and oxygen atoms in total. The maximum atomic E-state index is 13.1. The normalized spacial score (nSPS) is 12.1. The van der Waals surface area contributed by atoms with E-state index in [1.165, 1.54) is 0 Å². The van der Waals surface area contributed by atoms with E-state index in [4.69, 9.17) is 0 Å². The highest BCUT2D eigenvalue weighted by atomic mass is 19.4. The van der Waals surface area contributed by atoms with Crippen LogP contribution in [0, 0.1) is 0 Å². The fourth-order valence-corrected chi connectivity index (χ4v) is 2.41. The van der Waals surface area contributed by atoms with Crippen LogP contribution in [0.5, 0.6) is 0 Å². The van der Waals surface area contributed by atoms with Crippen LogP contribution in [0.1, 0.15) is 36.1 Å². The van der Waals surface area contributed by atoms with Crippen molar-refractivity contribution in [3.63, 3.8) is 0 Å². The average molecular weight is 445 g/mol.